The Morgan fingerprint density at radius 2 is 1.50 bits per heavy atom. The molecule has 3 N–H and O–H groups in total. The van der Waals surface area contributed by atoms with Crippen molar-refractivity contribution in [2.24, 2.45) is 5.73 Å². The third kappa shape index (κ3) is 13.9. The van der Waals surface area contributed by atoms with Crippen molar-refractivity contribution >= 4 is 5.91 Å². The van der Waals surface area contributed by atoms with Crippen LogP contribution in [-0.4, -0.2) is 18.5 Å². The summed E-state index contributed by atoms with van der Waals surface area (Å²) in [6, 6.07) is 0.268. The lowest BCUT2D eigenvalue weighted by Gasteiger charge is -2.13. The molecule has 0 aromatic rings. The fourth-order valence-electron chi connectivity index (χ4n) is 2.44. The molecular weight excluding hydrogens is 248 g/mol. The van der Waals surface area contributed by atoms with E-state index in [1.807, 2.05) is 0 Å². The molecule has 120 valence electrons. The fraction of sp³-hybridized carbons (Fsp3) is 0.941. The molecule has 3 nitrogen and oxygen atoms in total. The molecule has 0 bridgehead atoms. The number of hydrogen-bond acceptors (Lipinski definition) is 2. The Kier molecular flexibility index (Phi) is 14.4. The highest BCUT2D eigenvalue weighted by molar-refractivity contribution is 5.76. The van der Waals surface area contributed by atoms with Crippen LogP contribution in [0.25, 0.3) is 0 Å². The van der Waals surface area contributed by atoms with Gasteiger partial charge in [-0.15, -0.1) is 0 Å². The van der Waals surface area contributed by atoms with Gasteiger partial charge in [-0.3, -0.25) is 4.79 Å². The topological polar surface area (TPSA) is 55.1 Å². The minimum atomic E-state index is 0.206. The second-order valence-electron chi connectivity index (χ2n) is 5.98. The van der Waals surface area contributed by atoms with Crippen LogP contribution in [0, 0.1) is 0 Å². The van der Waals surface area contributed by atoms with Crippen molar-refractivity contribution in [1.82, 2.24) is 5.32 Å². The zero-order valence-corrected chi connectivity index (χ0v) is 13.8. The maximum Gasteiger partial charge on any atom is 0.220 e. The second kappa shape index (κ2) is 14.8. The van der Waals surface area contributed by atoms with Crippen molar-refractivity contribution in [2.45, 2.75) is 96.9 Å². The van der Waals surface area contributed by atoms with Gasteiger partial charge < -0.3 is 11.1 Å². The Bertz CT molecular complexity index is 219. The van der Waals surface area contributed by atoms with Crippen molar-refractivity contribution in [2.75, 3.05) is 6.54 Å². The lowest BCUT2D eigenvalue weighted by Crippen LogP contribution is -2.32. The van der Waals surface area contributed by atoms with Gasteiger partial charge in [0, 0.05) is 12.5 Å². The fourth-order valence-corrected chi connectivity index (χ4v) is 2.44. The Balaban J connectivity index is 3.26. The van der Waals surface area contributed by atoms with Gasteiger partial charge in [-0.2, -0.15) is 0 Å². The van der Waals surface area contributed by atoms with Gasteiger partial charge in [-0.25, -0.2) is 0 Å². The lowest BCUT2D eigenvalue weighted by molar-refractivity contribution is -0.121. The molecule has 0 radical (unpaired) electrons. The summed E-state index contributed by atoms with van der Waals surface area (Å²) in [5.41, 5.74) is 5.46. The number of amides is 1. The first-order valence-corrected chi connectivity index (χ1v) is 8.70. The normalized spacial score (nSPS) is 12.3. The molecule has 1 amide bonds. The van der Waals surface area contributed by atoms with Crippen molar-refractivity contribution in [3.05, 3.63) is 0 Å². The van der Waals surface area contributed by atoms with Crippen LogP contribution in [0.1, 0.15) is 90.9 Å². The third-order valence-electron chi connectivity index (χ3n) is 3.76. The van der Waals surface area contributed by atoms with Crippen molar-refractivity contribution in [3.8, 4) is 0 Å². The summed E-state index contributed by atoms with van der Waals surface area (Å²) in [6.45, 7) is 5.02. The first kappa shape index (κ1) is 19.4. The molecule has 0 rings (SSSR count). The molecule has 0 aromatic heterocycles. The van der Waals surface area contributed by atoms with Crippen LogP contribution < -0.4 is 11.1 Å². The van der Waals surface area contributed by atoms with Crippen LogP contribution in [0.2, 0.25) is 0 Å². The SMILES string of the molecule is CCCCCCCCCCCC(=O)NC(C)CCCN. The molecule has 0 aliphatic rings. The van der Waals surface area contributed by atoms with Crippen LogP contribution in [0.4, 0.5) is 0 Å². The molecule has 0 aliphatic heterocycles. The van der Waals surface area contributed by atoms with Crippen LogP contribution in [0.5, 0.6) is 0 Å². The van der Waals surface area contributed by atoms with Crippen LogP contribution in [-0.2, 0) is 4.79 Å². The second-order valence-corrected chi connectivity index (χ2v) is 5.98. The van der Waals surface area contributed by atoms with E-state index in [0.717, 1.165) is 19.3 Å². The Hall–Kier alpha value is -0.570. The van der Waals surface area contributed by atoms with E-state index in [1.165, 1.54) is 51.4 Å². The van der Waals surface area contributed by atoms with Crippen molar-refractivity contribution < 1.29 is 4.79 Å². The average molecular weight is 284 g/mol. The molecule has 3 heteroatoms. The van der Waals surface area contributed by atoms with E-state index >= 15 is 0 Å². The molecular formula is C17H36N2O. The molecule has 0 heterocycles. The summed E-state index contributed by atoms with van der Waals surface area (Å²) in [6.07, 6.45) is 14.3. The van der Waals surface area contributed by atoms with Crippen molar-refractivity contribution in [1.29, 1.82) is 0 Å². The van der Waals surface area contributed by atoms with Crippen LogP contribution in [0.3, 0.4) is 0 Å². The van der Waals surface area contributed by atoms with E-state index in [9.17, 15) is 4.79 Å². The van der Waals surface area contributed by atoms with E-state index in [2.05, 4.69) is 19.2 Å². The van der Waals surface area contributed by atoms with Gasteiger partial charge in [0.2, 0.25) is 5.91 Å². The maximum absolute atomic E-state index is 11.7. The highest BCUT2D eigenvalue weighted by atomic mass is 16.1. The van der Waals surface area contributed by atoms with E-state index in [1.54, 1.807) is 0 Å². The van der Waals surface area contributed by atoms with Gasteiger partial charge in [0.15, 0.2) is 0 Å². The summed E-state index contributed by atoms with van der Waals surface area (Å²) >= 11 is 0. The summed E-state index contributed by atoms with van der Waals surface area (Å²) in [7, 11) is 0. The number of nitrogens with two attached hydrogens (primary N) is 1. The first-order chi connectivity index (χ1) is 9.70. The number of carbonyl (C=O) groups is 1. The van der Waals surface area contributed by atoms with Crippen LogP contribution in [0.15, 0.2) is 0 Å². The number of unbranched alkanes of at least 4 members (excludes halogenated alkanes) is 8. The number of nitrogens with one attached hydrogen (secondary N) is 1. The number of hydrogen-bond donors (Lipinski definition) is 2. The molecule has 0 spiro atoms. The largest absolute Gasteiger partial charge is 0.354 e. The van der Waals surface area contributed by atoms with Crippen molar-refractivity contribution in [3.63, 3.8) is 0 Å². The van der Waals surface area contributed by atoms with E-state index < -0.39 is 0 Å². The Morgan fingerprint density at radius 3 is 2.05 bits per heavy atom. The van der Waals surface area contributed by atoms with Gasteiger partial charge in [0.25, 0.3) is 0 Å². The molecule has 0 fully saturated rings. The van der Waals surface area contributed by atoms with Gasteiger partial charge in [0.1, 0.15) is 0 Å². The summed E-state index contributed by atoms with van der Waals surface area (Å²) in [5, 5.41) is 3.05. The average Bonchev–Trinajstić information content (AvgIpc) is 2.43. The van der Waals surface area contributed by atoms with E-state index in [-0.39, 0.29) is 11.9 Å². The number of carbonyl (C=O) groups excluding carboxylic acids is 1. The van der Waals surface area contributed by atoms with Crippen LogP contribution >= 0.6 is 0 Å². The molecule has 0 aliphatic carbocycles. The highest BCUT2D eigenvalue weighted by Gasteiger charge is 2.06. The summed E-state index contributed by atoms with van der Waals surface area (Å²) in [5.74, 6) is 0.206. The van der Waals surface area contributed by atoms with E-state index in [0.29, 0.717) is 13.0 Å². The predicted octanol–water partition coefficient (Wildman–Crippen LogP) is 4.15. The van der Waals surface area contributed by atoms with Gasteiger partial charge in [0.05, 0.1) is 0 Å². The number of rotatable bonds is 14. The standard InChI is InChI=1S/C17H36N2O/c1-3-4-5-6-7-8-9-10-11-14-17(20)19-16(2)13-12-15-18/h16H,3-15,18H2,1-2H3,(H,19,20). The molecule has 0 saturated heterocycles. The predicted molar refractivity (Wildman–Crippen MR) is 87.7 cm³/mol. The zero-order chi connectivity index (χ0) is 15.1. The zero-order valence-electron chi connectivity index (χ0n) is 13.8. The maximum atomic E-state index is 11.7. The minimum absolute atomic E-state index is 0.206. The molecule has 1 atom stereocenters. The van der Waals surface area contributed by atoms with E-state index in [4.69, 9.17) is 5.73 Å². The Morgan fingerprint density at radius 1 is 0.950 bits per heavy atom. The monoisotopic (exact) mass is 284 g/mol. The smallest absolute Gasteiger partial charge is 0.220 e. The molecule has 1 unspecified atom stereocenters. The summed E-state index contributed by atoms with van der Waals surface area (Å²) in [4.78, 5) is 11.7. The van der Waals surface area contributed by atoms with Gasteiger partial charge in [-0.05, 0) is 32.7 Å². The molecule has 20 heavy (non-hydrogen) atoms. The highest BCUT2D eigenvalue weighted by Crippen LogP contribution is 2.10. The Labute approximate surface area is 126 Å². The lowest BCUT2D eigenvalue weighted by atomic mass is 10.1. The summed E-state index contributed by atoms with van der Waals surface area (Å²) < 4.78 is 0. The molecule has 0 saturated carbocycles. The third-order valence-corrected chi connectivity index (χ3v) is 3.76. The first-order valence-electron chi connectivity index (χ1n) is 8.70. The van der Waals surface area contributed by atoms with Gasteiger partial charge >= 0.3 is 0 Å². The quantitative estimate of drug-likeness (QED) is 0.471. The van der Waals surface area contributed by atoms with Gasteiger partial charge in [-0.1, -0.05) is 58.3 Å². The molecule has 0 aromatic carbocycles. The minimum Gasteiger partial charge on any atom is -0.354 e.